The van der Waals surface area contributed by atoms with Gasteiger partial charge in [-0.3, -0.25) is 4.18 Å². The second-order valence-corrected chi connectivity index (χ2v) is 7.78. The standard InChI is InChI=1S/C17H20Cl2O3S/c1-2-3-4-5-8-11-22-23(20,21)16-12-15(18)13-9-6-7-10-14(13)17(16)19/h6-7,9-10,12H,2-5,8,11H2,1H3. The Hall–Kier alpha value is -0.810. The summed E-state index contributed by atoms with van der Waals surface area (Å²) < 4.78 is 29.9. The van der Waals surface area contributed by atoms with Crippen LogP contribution in [0.15, 0.2) is 35.2 Å². The molecule has 126 valence electrons. The van der Waals surface area contributed by atoms with E-state index in [1.54, 1.807) is 18.2 Å². The Balaban J connectivity index is 2.17. The number of unbranched alkanes of at least 4 members (excludes halogenated alkanes) is 4. The molecule has 0 spiro atoms. The highest BCUT2D eigenvalue weighted by molar-refractivity contribution is 7.87. The lowest BCUT2D eigenvalue weighted by molar-refractivity contribution is 0.306. The highest BCUT2D eigenvalue weighted by Crippen LogP contribution is 2.36. The minimum Gasteiger partial charge on any atom is -0.266 e. The Morgan fingerprint density at radius 1 is 1.00 bits per heavy atom. The van der Waals surface area contributed by atoms with E-state index in [4.69, 9.17) is 27.4 Å². The second-order valence-electron chi connectivity index (χ2n) is 5.41. The van der Waals surface area contributed by atoms with Gasteiger partial charge < -0.3 is 0 Å². The summed E-state index contributed by atoms with van der Waals surface area (Å²) in [5, 5.41) is 1.82. The summed E-state index contributed by atoms with van der Waals surface area (Å²) in [7, 11) is -3.91. The molecule has 2 aromatic rings. The van der Waals surface area contributed by atoms with E-state index in [0.717, 1.165) is 31.1 Å². The fraction of sp³-hybridized carbons (Fsp3) is 0.412. The molecule has 0 aliphatic rings. The molecule has 6 heteroatoms. The van der Waals surface area contributed by atoms with Crippen molar-refractivity contribution in [1.29, 1.82) is 0 Å². The Bertz CT molecular complexity index is 773. The average molecular weight is 375 g/mol. The molecule has 23 heavy (non-hydrogen) atoms. The molecule has 0 saturated carbocycles. The van der Waals surface area contributed by atoms with Crippen LogP contribution >= 0.6 is 23.2 Å². The summed E-state index contributed by atoms with van der Waals surface area (Å²) in [5.41, 5.74) is 0. The predicted octanol–water partition coefficient (Wildman–Crippen LogP) is 5.82. The zero-order chi connectivity index (χ0) is 16.9. The van der Waals surface area contributed by atoms with E-state index in [1.807, 2.05) is 6.07 Å². The van der Waals surface area contributed by atoms with E-state index in [0.29, 0.717) is 16.8 Å². The number of fused-ring (bicyclic) bond motifs is 1. The average Bonchev–Trinajstić information content (AvgIpc) is 2.54. The number of halogens is 2. The van der Waals surface area contributed by atoms with E-state index in [1.165, 1.54) is 6.07 Å². The van der Waals surface area contributed by atoms with Crippen molar-refractivity contribution in [2.45, 2.75) is 43.9 Å². The minimum atomic E-state index is -3.91. The van der Waals surface area contributed by atoms with Crippen molar-refractivity contribution in [3.05, 3.63) is 40.4 Å². The van der Waals surface area contributed by atoms with Crippen LogP contribution in [0, 0.1) is 0 Å². The molecule has 0 saturated heterocycles. The van der Waals surface area contributed by atoms with Gasteiger partial charge in [-0.05, 0) is 12.5 Å². The van der Waals surface area contributed by atoms with Gasteiger partial charge in [0.2, 0.25) is 0 Å². The van der Waals surface area contributed by atoms with Crippen molar-refractivity contribution in [3.8, 4) is 0 Å². The third-order valence-corrected chi connectivity index (χ3v) is 5.82. The lowest BCUT2D eigenvalue weighted by Gasteiger charge is -2.11. The first-order valence-electron chi connectivity index (χ1n) is 7.73. The van der Waals surface area contributed by atoms with Gasteiger partial charge in [-0.15, -0.1) is 0 Å². The van der Waals surface area contributed by atoms with E-state index in [2.05, 4.69) is 6.92 Å². The molecule has 0 atom stereocenters. The van der Waals surface area contributed by atoms with Crippen LogP contribution in [0.1, 0.15) is 39.0 Å². The zero-order valence-corrected chi connectivity index (χ0v) is 15.3. The molecule has 2 rings (SSSR count). The third-order valence-electron chi connectivity index (χ3n) is 3.65. The Morgan fingerprint density at radius 2 is 1.65 bits per heavy atom. The molecule has 0 amide bonds. The van der Waals surface area contributed by atoms with E-state index in [-0.39, 0.29) is 16.5 Å². The Morgan fingerprint density at radius 3 is 2.35 bits per heavy atom. The van der Waals surface area contributed by atoms with Gasteiger partial charge in [-0.25, -0.2) is 0 Å². The summed E-state index contributed by atoms with van der Waals surface area (Å²) in [6.07, 6.45) is 5.04. The van der Waals surface area contributed by atoms with E-state index in [9.17, 15) is 8.42 Å². The van der Waals surface area contributed by atoms with Gasteiger partial charge in [0.1, 0.15) is 4.90 Å². The summed E-state index contributed by atoms with van der Waals surface area (Å²) in [6, 6.07) is 8.52. The molecule has 0 aliphatic heterocycles. The molecule has 0 heterocycles. The molecule has 2 aromatic carbocycles. The topological polar surface area (TPSA) is 43.4 Å². The number of hydrogen-bond acceptors (Lipinski definition) is 3. The highest BCUT2D eigenvalue weighted by atomic mass is 35.5. The van der Waals surface area contributed by atoms with Crippen molar-refractivity contribution in [2.24, 2.45) is 0 Å². The van der Waals surface area contributed by atoms with Crippen molar-refractivity contribution >= 4 is 44.1 Å². The van der Waals surface area contributed by atoms with Crippen molar-refractivity contribution < 1.29 is 12.6 Å². The lowest BCUT2D eigenvalue weighted by atomic mass is 10.1. The maximum absolute atomic E-state index is 12.4. The van der Waals surface area contributed by atoms with Crippen LogP contribution in [0.25, 0.3) is 10.8 Å². The van der Waals surface area contributed by atoms with Gasteiger partial charge in [-0.2, -0.15) is 8.42 Å². The van der Waals surface area contributed by atoms with Crippen LogP contribution in [-0.2, 0) is 14.3 Å². The molecule has 0 aliphatic carbocycles. The smallest absolute Gasteiger partial charge is 0.266 e. The van der Waals surface area contributed by atoms with E-state index >= 15 is 0 Å². The van der Waals surface area contributed by atoms with Crippen LogP contribution in [0.2, 0.25) is 10.0 Å². The Kier molecular flexibility index (Phi) is 6.72. The monoisotopic (exact) mass is 374 g/mol. The van der Waals surface area contributed by atoms with Gasteiger partial charge in [0.25, 0.3) is 10.1 Å². The van der Waals surface area contributed by atoms with Gasteiger partial charge in [0.15, 0.2) is 0 Å². The van der Waals surface area contributed by atoms with Crippen LogP contribution < -0.4 is 0 Å². The Labute approximate surface area is 147 Å². The van der Waals surface area contributed by atoms with Crippen molar-refractivity contribution in [2.75, 3.05) is 6.61 Å². The van der Waals surface area contributed by atoms with Gasteiger partial charge in [0.05, 0.1) is 11.6 Å². The maximum atomic E-state index is 12.4. The predicted molar refractivity (Wildman–Crippen MR) is 95.9 cm³/mol. The lowest BCUT2D eigenvalue weighted by Crippen LogP contribution is -2.08. The quantitative estimate of drug-likeness (QED) is 0.431. The van der Waals surface area contributed by atoms with Gasteiger partial charge in [0, 0.05) is 15.8 Å². The molecule has 0 radical (unpaired) electrons. The van der Waals surface area contributed by atoms with Crippen molar-refractivity contribution in [1.82, 2.24) is 0 Å². The van der Waals surface area contributed by atoms with Crippen LogP contribution in [-0.4, -0.2) is 15.0 Å². The van der Waals surface area contributed by atoms with Crippen LogP contribution in [0.4, 0.5) is 0 Å². The summed E-state index contributed by atoms with van der Waals surface area (Å²) >= 11 is 12.4. The molecular formula is C17H20Cl2O3S. The van der Waals surface area contributed by atoms with Crippen LogP contribution in [0.5, 0.6) is 0 Å². The van der Waals surface area contributed by atoms with Gasteiger partial charge in [-0.1, -0.05) is 80.1 Å². The first-order valence-corrected chi connectivity index (χ1v) is 9.90. The SMILES string of the molecule is CCCCCCCOS(=O)(=O)c1cc(Cl)c2ccccc2c1Cl. The summed E-state index contributed by atoms with van der Waals surface area (Å²) in [6.45, 7) is 2.29. The van der Waals surface area contributed by atoms with Crippen LogP contribution in [0.3, 0.4) is 0 Å². The summed E-state index contributed by atoms with van der Waals surface area (Å²) in [5.74, 6) is 0. The minimum absolute atomic E-state index is 0.0728. The normalized spacial score (nSPS) is 12.0. The first kappa shape index (κ1) is 18.5. The number of rotatable bonds is 8. The number of hydrogen-bond donors (Lipinski definition) is 0. The van der Waals surface area contributed by atoms with E-state index < -0.39 is 10.1 Å². The third kappa shape index (κ3) is 4.60. The maximum Gasteiger partial charge on any atom is 0.298 e. The summed E-state index contributed by atoms with van der Waals surface area (Å²) in [4.78, 5) is -0.0728. The number of benzene rings is 2. The molecule has 3 nitrogen and oxygen atoms in total. The fourth-order valence-electron chi connectivity index (χ4n) is 2.39. The molecule has 0 unspecified atom stereocenters. The molecular weight excluding hydrogens is 355 g/mol. The highest BCUT2D eigenvalue weighted by Gasteiger charge is 2.22. The largest absolute Gasteiger partial charge is 0.298 e. The zero-order valence-electron chi connectivity index (χ0n) is 13.0. The first-order chi connectivity index (χ1) is 11.0. The molecule has 0 fully saturated rings. The molecule has 0 aromatic heterocycles. The second kappa shape index (κ2) is 8.34. The molecule has 0 bridgehead atoms. The van der Waals surface area contributed by atoms with Gasteiger partial charge >= 0.3 is 0 Å². The van der Waals surface area contributed by atoms with Crippen molar-refractivity contribution in [3.63, 3.8) is 0 Å². The fourth-order valence-corrected chi connectivity index (χ4v) is 4.29. The molecule has 0 N–H and O–H groups in total.